The summed E-state index contributed by atoms with van der Waals surface area (Å²) in [4.78, 5) is 46.9. The van der Waals surface area contributed by atoms with E-state index >= 15 is 18.0 Å². The molecule has 6 aromatic heterocycles. The number of pyridine rings is 1. The first kappa shape index (κ1) is 40.6. The normalized spacial score (nSPS) is 20.1. The summed E-state index contributed by atoms with van der Waals surface area (Å²) in [5.74, 6) is -1.99. The van der Waals surface area contributed by atoms with Crippen LogP contribution in [0.5, 0.6) is 0 Å². The minimum Gasteiger partial charge on any atom is -0.376 e. The molecule has 12 rings (SSSR count). The number of nitrogens with one attached hydrogen (secondary N) is 1. The van der Waals surface area contributed by atoms with Crippen molar-refractivity contribution in [2.45, 2.75) is 94.6 Å². The number of aryl methyl sites for hydroxylation is 1. The van der Waals surface area contributed by atoms with Crippen LogP contribution in [0.15, 0.2) is 81.5 Å². The van der Waals surface area contributed by atoms with Gasteiger partial charge in [0.25, 0.3) is 5.91 Å². The highest BCUT2D eigenvalue weighted by molar-refractivity contribution is 5.99. The highest BCUT2D eigenvalue weighted by Gasteiger charge is 2.54. The second-order valence-electron chi connectivity index (χ2n) is 19.0. The van der Waals surface area contributed by atoms with E-state index in [9.17, 15) is 9.59 Å². The number of rotatable bonds is 8. The molecule has 4 aliphatic rings. The van der Waals surface area contributed by atoms with Crippen molar-refractivity contribution in [1.82, 2.24) is 48.1 Å². The van der Waals surface area contributed by atoms with Crippen LogP contribution in [-0.4, -0.2) is 72.8 Å². The zero-order valence-electron chi connectivity index (χ0n) is 36.6. The maximum absolute atomic E-state index is 16.9. The molecular formula is C48H45F3N10O5. The molecule has 3 fully saturated rings. The summed E-state index contributed by atoms with van der Waals surface area (Å²) in [5.41, 5.74) is 2.50. The maximum Gasteiger partial charge on any atom is 0.438 e. The van der Waals surface area contributed by atoms with Gasteiger partial charge in [-0.2, -0.15) is 10.2 Å². The summed E-state index contributed by atoms with van der Waals surface area (Å²) in [6, 6.07) is 8.83. The van der Waals surface area contributed by atoms with Crippen LogP contribution >= 0.6 is 0 Å². The molecule has 1 N–H and O–H groups in total. The lowest BCUT2D eigenvalue weighted by Crippen LogP contribution is -2.40. The number of nitrogens with zero attached hydrogens (tertiary/aromatic N) is 9. The molecule has 0 radical (unpaired) electrons. The molecule has 2 aliphatic carbocycles. The van der Waals surface area contributed by atoms with Gasteiger partial charge in [0, 0.05) is 62.5 Å². The molecule has 2 saturated carbocycles. The number of hydrogen-bond acceptors (Lipinski definition) is 8. The van der Waals surface area contributed by atoms with E-state index in [0.29, 0.717) is 71.7 Å². The third kappa shape index (κ3) is 6.13. The van der Waals surface area contributed by atoms with Crippen LogP contribution in [0.2, 0.25) is 0 Å². The summed E-state index contributed by atoms with van der Waals surface area (Å²) in [5, 5.41) is 13.5. The summed E-state index contributed by atoms with van der Waals surface area (Å²) in [7, 11) is 1.71. The lowest BCUT2D eigenvalue weighted by molar-refractivity contribution is -0.0593. The van der Waals surface area contributed by atoms with Crippen LogP contribution in [0.1, 0.15) is 121 Å². The topological polar surface area (TPSA) is 155 Å². The fourth-order valence-corrected chi connectivity index (χ4v) is 10.8. The first-order chi connectivity index (χ1) is 31.7. The molecule has 2 aromatic carbocycles. The molecule has 2 atom stereocenters. The minimum atomic E-state index is -0.999. The Morgan fingerprint density at radius 3 is 2.50 bits per heavy atom. The molecular weight excluding hydrogens is 854 g/mol. The van der Waals surface area contributed by atoms with Crippen molar-refractivity contribution in [2.75, 3.05) is 13.2 Å². The van der Waals surface area contributed by atoms with Gasteiger partial charge in [-0.1, -0.05) is 5.16 Å². The zero-order valence-corrected chi connectivity index (χ0v) is 36.6. The highest BCUT2D eigenvalue weighted by Crippen LogP contribution is 2.56. The molecule has 18 heteroatoms. The Labute approximate surface area is 374 Å². The lowest BCUT2D eigenvalue weighted by Gasteiger charge is -2.35. The Bertz CT molecular complexity index is 3450. The van der Waals surface area contributed by atoms with Crippen LogP contribution in [0, 0.1) is 17.5 Å². The van der Waals surface area contributed by atoms with Gasteiger partial charge in [-0.05, 0) is 119 Å². The largest absolute Gasteiger partial charge is 0.438 e. The van der Waals surface area contributed by atoms with E-state index in [0.717, 1.165) is 18.4 Å². The number of fused-ring (bicyclic) bond motifs is 3. The van der Waals surface area contributed by atoms with Gasteiger partial charge < -0.3 is 14.0 Å². The summed E-state index contributed by atoms with van der Waals surface area (Å²) < 4.78 is 66.7. The van der Waals surface area contributed by atoms with Crippen molar-refractivity contribution < 1.29 is 27.2 Å². The summed E-state index contributed by atoms with van der Waals surface area (Å²) in [6.07, 6.45) is 12.4. The number of hydrogen-bond donors (Lipinski definition) is 1. The van der Waals surface area contributed by atoms with E-state index in [-0.39, 0.29) is 58.6 Å². The van der Waals surface area contributed by atoms with Crippen LogP contribution in [-0.2, 0) is 23.6 Å². The molecule has 1 saturated heterocycles. The van der Waals surface area contributed by atoms with E-state index in [1.807, 2.05) is 27.0 Å². The Morgan fingerprint density at radius 1 is 0.955 bits per heavy atom. The third-order valence-electron chi connectivity index (χ3n) is 14.4. The van der Waals surface area contributed by atoms with Gasteiger partial charge in [-0.15, -0.1) is 0 Å². The van der Waals surface area contributed by atoms with Crippen molar-refractivity contribution >= 4 is 22.3 Å². The number of carbonyl (C=O) groups excluding carboxylic acids is 1. The van der Waals surface area contributed by atoms with Crippen molar-refractivity contribution in [3.8, 4) is 17.2 Å². The molecule has 0 spiro atoms. The van der Waals surface area contributed by atoms with Crippen molar-refractivity contribution in [3.05, 3.63) is 145 Å². The molecule has 1 amide bonds. The van der Waals surface area contributed by atoms with Gasteiger partial charge >= 0.3 is 11.4 Å². The Hall–Kier alpha value is -6.95. The van der Waals surface area contributed by atoms with Gasteiger partial charge in [0.1, 0.15) is 17.5 Å². The molecule has 338 valence electrons. The molecule has 8 aromatic rings. The highest BCUT2D eigenvalue weighted by atomic mass is 19.1. The molecule has 15 nitrogen and oxygen atoms in total. The molecule has 66 heavy (non-hydrogen) atoms. The summed E-state index contributed by atoms with van der Waals surface area (Å²) in [6.45, 7) is 6.65. The molecule has 0 bridgehead atoms. The second-order valence-corrected chi connectivity index (χ2v) is 19.0. The van der Waals surface area contributed by atoms with Crippen LogP contribution in [0.3, 0.4) is 0 Å². The standard InChI is InChI=1S/C48H45F3N10O5/c1-25-38-35(54-61(29-7-8-33(49)30(20-29)26-5-6-26)42(38)60-17-16-59(46(60)64)37-10-9-36-31(40(37)51)22-52-56(36)4)11-15-58(25)43(62)32-24-57-23-28(27-12-18-65-47(2,3)21-27)19-34(50)41(57)39(32)48(13-14-48)44-53-45(63)66-55-44/h7-10,16-17,19-20,22-27H,5-6,11-15,18,21H2,1-4H3,(H,53,55,63)/t25-,27-/m0/s1. The number of H-pyrrole nitrogens is 1. The Balaban J connectivity index is 1.00. The smallest absolute Gasteiger partial charge is 0.376 e. The van der Waals surface area contributed by atoms with E-state index in [4.69, 9.17) is 14.4 Å². The van der Waals surface area contributed by atoms with E-state index in [1.54, 1.807) is 56.2 Å². The predicted molar refractivity (Wildman–Crippen MR) is 234 cm³/mol. The van der Waals surface area contributed by atoms with Gasteiger partial charge in [-0.25, -0.2) is 27.4 Å². The average molecular weight is 899 g/mol. The Morgan fingerprint density at radius 2 is 1.76 bits per heavy atom. The Kier molecular flexibility index (Phi) is 8.77. The van der Waals surface area contributed by atoms with Gasteiger partial charge in [-0.3, -0.25) is 28.1 Å². The van der Waals surface area contributed by atoms with E-state index in [1.165, 1.54) is 39.9 Å². The van der Waals surface area contributed by atoms with Gasteiger partial charge in [0.15, 0.2) is 11.6 Å². The number of halogens is 3. The predicted octanol–water partition coefficient (Wildman–Crippen LogP) is 7.44. The van der Waals surface area contributed by atoms with Crippen molar-refractivity contribution in [3.63, 3.8) is 0 Å². The second kappa shape index (κ2) is 14.3. The number of carbonyl (C=O) groups is 1. The maximum atomic E-state index is 16.9. The molecule has 8 heterocycles. The lowest BCUT2D eigenvalue weighted by atomic mass is 9.84. The number of imidazole rings is 1. The zero-order chi connectivity index (χ0) is 45.6. The number of aromatic amines is 1. The van der Waals surface area contributed by atoms with Crippen LogP contribution in [0.25, 0.3) is 33.6 Å². The number of aromatic nitrogens is 9. The number of benzene rings is 2. The quantitative estimate of drug-likeness (QED) is 0.165. The first-order valence-corrected chi connectivity index (χ1v) is 22.4. The fraction of sp³-hybridized carbons (Fsp3) is 0.375. The monoisotopic (exact) mass is 898 g/mol. The van der Waals surface area contributed by atoms with Gasteiger partial charge in [0.2, 0.25) is 0 Å². The number of ether oxygens (including phenoxy) is 1. The van der Waals surface area contributed by atoms with Gasteiger partial charge in [0.05, 0.1) is 62.3 Å². The van der Waals surface area contributed by atoms with E-state index in [2.05, 4.69) is 15.2 Å². The average Bonchev–Trinajstić information content (AvgIpc) is 4.03. The van der Waals surface area contributed by atoms with Crippen molar-refractivity contribution in [1.29, 1.82) is 0 Å². The van der Waals surface area contributed by atoms with Crippen LogP contribution in [0.4, 0.5) is 13.2 Å². The summed E-state index contributed by atoms with van der Waals surface area (Å²) >= 11 is 0. The molecule has 0 unspecified atom stereocenters. The third-order valence-corrected chi connectivity index (χ3v) is 14.4. The minimum absolute atomic E-state index is 0.0180. The van der Waals surface area contributed by atoms with E-state index < -0.39 is 46.0 Å². The SMILES string of the molecule is C[C@H]1c2c(nn(-c3ccc(F)c(C4CC4)c3)c2-n2ccn(-c3ccc4c(cnn4C)c3F)c2=O)CCN1C(=O)c1cn2cc([C@H]3CCOC(C)(C)C3)cc(F)c2c1C1(c2noc(=O)[nH]2)CC1. The first-order valence-electron chi connectivity index (χ1n) is 22.4. The number of amides is 1. The van der Waals surface area contributed by atoms with Crippen molar-refractivity contribution in [2.24, 2.45) is 7.05 Å². The fourth-order valence-electron chi connectivity index (χ4n) is 10.8. The molecule has 2 aliphatic heterocycles. The van der Waals surface area contributed by atoms with Crippen LogP contribution < -0.4 is 11.4 Å².